The molecule has 34 heavy (non-hydrogen) atoms. The van der Waals surface area contributed by atoms with Crippen molar-refractivity contribution >= 4 is 28.8 Å². The van der Waals surface area contributed by atoms with E-state index in [1.54, 1.807) is 34.3 Å². The molecule has 9 heteroatoms. The number of piperidine rings is 1. The molecule has 1 aromatic carbocycles. The van der Waals surface area contributed by atoms with Crippen LogP contribution in [0.3, 0.4) is 0 Å². The predicted molar refractivity (Wildman–Crippen MR) is 129 cm³/mol. The molecule has 4 aromatic rings. The second kappa shape index (κ2) is 8.02. The molecule has 172 valence electrons. The van der Waals surface area contributed by atoms with Gasteiger partial charge in [0.25, 0.3) is 11.8 Å². The number of carbonyl (C=O) groups excluding carboxylic acids is 2. The van der Waals surface area contributed by atoms with E-state index in [1.165, 1.54) is 6.20 Å². The quantitative estimate of drug-likeness (QED) is 0.481. The van der Waals surface area contributed by atoms with Crippen LogP contribution in [-0.4, -0.2) is 55.4 Å². The number of nitrogens with zero attached hydrogens (tertiary/aromatic N) is 5. The lowest BCUT2D eigenvalue weighted by molar-refractivity contribution is 0.0690. The number of likely N-dealkylation sites (tertiary alicyclic amines) is 1. The number of aromatic nitrogens is 4. The Hall–Kier alpha value is -3.59. The summed E-state index contributed by atoms with van der Waals surface area (Å²) in [5, 5.41) is 8.09. The highest BCUT2D eigenvalue weighted by atomic mass is 32.1. The molecular formula is C25H24N6O2S. The molecule has 1 aliphatic heterocycles. The molecule has 1 saturated heterocycles. The Morgan fingerprint density at radius 3 is 2.97 bits per heavy atom. The number of hydrogen-bond donors (Lipinski definition) is 1. The Labute approximate surface area is 200 Å². The van der Waals surface area contributed by atoms with Crippen LogP contribution < -0.4 is 5.32 Å². The Kier molecular flexibility index (Phi) is 4.95. The highest BCUT2D eigenvalue weighted by molar-refractivity contribution is 7.15. The summed E-state index contributed by atoms with van der Waals surface area (Å²) in [6.07, 6.45) is 6.03. The zero-order valence-electron chi connectivity index (χ0n) is 18.9. The second-order valence-electron chi connectivity index (χ2n) is 9.12. The van der Waals surface area contributed by atoms with Crippen molar-refractivity contribution in [1.82, 2.24) is 29.8 Å². The third-order valence-electron chi connectivity index (χ3n) is 6.78. The first-order valence-electron chi connectivity index (χ1n) is 11.4. The number of thiazole rings is 1. The summed E-state index contributed by atoms with van der Waals surface area (Å²) >= 11 is 1.55. The SMILES string of the molecule is Cc1cccc(-c2sc(C)nc2C(=O)N2C[C@H]3C[C@H]3[C@H]2CNC(=O)c2cnn3cccnc23)c1. The van der Waals surface area contributed by atoms with Gasteiger partial charge in [-0.1, -0.05) is 29.8 Å². The Morgan fingerprint density at radius 2 is 2.12 bits per heavy atom. The summed E-state index contributed by atoms with van der Waals surface area (Å²) in [4.78, 5) is 38.3. The van der Waals surface area contributed by atoms with Gasteiger partial charge >= 0.3 is 0 Å². The normalized spacial score (nSPS) is 21.0. The smallest absolute Gasteiger partial charge is 0.274 e. The number of nitrogens with one attached hydrogen (secondary N) is 1. The molecule has 0 bridgehead atoms. The van der Waals surface area contributed by atoms with Gasteiger partial charge in [-0.15, -0.1) is 11.3 Å². The maximum absolute atomic E-state index is 13.7. The first-order valence-corrected chi connectivity index (χ1v) is 12.2. The fourth-order valence-corrected chi connectivity index (χ4v) is 5.94. The monoisotopic (exact) mass is 472 g/mol. The molecule has 4 heterocycles. The van der Waals surface area contributed by atoms with Gasteiger partial charge < -0.3 is 10.2 Å². The molecule has 0 radical (unpaired) electrons. The minimum Gasteiger partial charge on any atom is -0.350 e. The molecule has 0 unspecified atom stereocenters. The van der Waals surface area contributed by atoms with Crippen LogP contribution in [0.15, 0.2) is 48.9 Å². The van der Waals surface area contributed by atoms with Crippen LogP contribution in [0.4, 0.5) is 0 Å². The van der Waals surface area contributed by atoms with Gasteiger partial charge in [-0.3, -0.25) is 9.59 Å². The summed E-state index contributed by atoms with van der Waals surface area (Å²) in [5.74, 6) is 0.653. The predicted octanol–water partition coefficient (Wildman–Crippen LogP) is 3.36. The third kappa shape index (κ3) is 3.56. The maximum atomic E-state index is 13.7. The van der Waals surface area contributed by atoms with Gasteiger partial charge in [0.05, 0.1) is 22.1 Å². The Morgan fingerprint density at radius 1 is 1.24 bits per heavy atom. The maximum Gasteiger partial charge on any atom is 0.274 e. The first kappa shape index (κ1) is 21.0. The zero-order valence-corrected chi connectivity index (χ0v) is 19.7. The summed E-state index contributed by atoms with van der Waals surface area (Å²) in [5.41, 5.74) is 3.62. The first-order chi connectivity index (χ1) is 16.5. The molecule has 0 spiro atoms. The van der Waals surface area contributed by atoms with E-state index in [2.05, 4.69) is 26.4 Å². The van der Waals surface area contributed by atoms with Crippen molar-refractivity contribution in [2.45, 2.75) is 26.3 Å². The molecule has 8 nitrogen and oxygen atoms in total. The van der Waals surface area contributed by atoms with Crippen molar-refractivity contribution in [2.24, 2.45) is 11.8 Å². The molecule has 3 aromatic heterocycles. The van der Waals surface area contributed by atoms with Gasteiger partial charge in [-0.25, -0.2) is 14.5 Å². The van der Waals surface area contributed by atoms with Crippen LogP contribution in [-0.2, 0) is 0 Å². The van der Waals surface area contributed by atoms with Crippen LogP contribution in [0.1, 0.15) is 37.8 Å². The highest BCUT2D eigenvalue weighted by Crippen LogP contribution is 2.50. The zero-order chi connectivity index (χ0) is 23.4. The Balaban J connectivity index is 1.23. The molecule has 2 fully saturated rings. The van der Waals surface area contributed by atoms with Gasteiger partial charge in [0.15, 0.2) is 5.65 Å². The van der Waals surface area contributed by atoms with E-state index in [0.717, 1.165) is 27.4 Å². The highest BCUT2D eigenvalue weighted by Gasteiger charge is 2.54. The average Bonchev–Trinajstić information content (AvgIpc) is 3.17. The molecular weight excluding hydrogens is 448 g/mol. The largest absolute Gasteiger partial charge is 0.350 e. The van der Waals surface area contributed by atoms with E-state index in [-0.39, 0.29) is 17.9 Å². The van der Waals surface area contributed by atoms with Crippen molar-refractivity contribution in [3.63, 3.8) is 0 Å². The van der Waals surface area contributed by atoms with Crippen LogP contribution >= 0.6 is 11.3 Å². The summed E-state index contributed by atoms with van der Waals surface area (Å²) in [7, 11) is 0. The van der Waals surface area contributed by atoms with E-state index < -0.39 is 0 Å². The van der Waals surface area contributed by atoms with Gasteiger partial charge in [0, 0.05) is 25.5 Å². The molecule has 2 aliphatic rings. The van der Waals surface area contributed by atoms with Crippen LogP contribution in [0.5, 0.6) is 0 Å². The number of benzene rings is 1. The minimum absolute atomic E-state index is 0.0383. The fraction of sp³-hybridized carbons (Fsp3) is 0.320. The number of amides is 2. The van der Waals surface area contributed by atoms with Crippen molar-refractivity contribution in [1.29, 1.82) is 0 Å². The Bertz CT molecular complexity index is 1430. The van der Waals surface area contributed by atoms with Gasteiger partial charge in [0.1, 0.15) is 11.3 Å². The number of aryl methyl sites for hydroxylation is 2. The van der Waals surface area contributed by atoms with Crippen LogP contribution in [0, 0.1) is 25.7 Å². The molecule has 1 saturated carbocycles. The minimum atomic E-state index is -0.227. The van der Waals surface area contributed by atoms with Crippen molar-refractivity contribution in [3.05, 3.63) is 70.8 Å². The fourth-order valence-electron chi connectivity index (χ4n) is 5.04. The summed E-state index contributed by atoms with van der Waals surface area (Å²) < 4.78 is 1.58. The number of hydrogen-bond acceptors (Lipinski definition) is 6. The average molecular weight is 473 g/mol. The lowest BCUT2D eigenvalue weighted by Crippen LogP contribution is -2.45. The van der Waals surface area contributed by atoms with Crippen molar-refractivity contribution in [2.75, 3.05) is 13.1 Å². The number of fused-ring (bicyclic) bond motifs is 2. The molecule has 6 rings (SSSR count). The van der Waals surface area contributed by atoms with E-state index in [9.17, 15) is 9.59 Å². The van der Waals surface area contributed by atoms with E-state index in [0.29, 0.717) is 41.8 Å². The van der Waals surface area contributed by atoms with E-state index in [4.69, 9.17) is 0 Å². The number of carbonyl (C=O) groups is 2. The number of rotatable bonds is 5. The van der Waals surface area contributed by atoms with E-state index >= 15 is 0 Å². The molecule has 2 amide bonds. The lowest BCUT2D eigenvalue weighted by atomic mass is 10.1. The van der Waals surface area contributed by atoms with Gasteiger partial charge in [-0.2, -0.15) is 5.10 Å². The lowest BCUT2D eigenvalue weighted by Gasteiger charge is -2.27. The van der Waals surface area contributed by atoms with Crippen molar-refractivity contribution in [3.8, 4) is 10.4 Å². The van der Waals surface area contributed by atoms with Crippen molar-refractivity contribution < 1.29 is 9.59 Å². The van der Waals surface area contributed by atoms with Crippen LogP contribution in [0.2, 0.25) is 0 Å². The molecule has 1 aliphatic carbocycles. The summed E-state index contributed by atoms with van der Waals surface area (Å²) in [6, 6.07) is 9.90. The van der Waals surface area contributed by atoms with Gasteiger partial charge in [-0.05, 0) is 43.7 Å². The molecule has 1 N–H and O–H groups in total. The third-order valence-corrected chi connectivity index (χ3v) is 7.80. The van der Waals surface area contributed by atoms with E-state index in [1.807, 2.05) is 36.9 Å². The molecule has 3 atom stereocenters. The second-order valence-corrected chi connectivity index (χ2v) is 10.3. The van der Waals surface area contributed by atoms with Crippen LogP contribution in [0.25, 0.3) is 16.1 Å². The van der Waals surface area contributed by atoms with Gasteiger partial charge in [0.2, 0.25) is 0 Å². The standard InChI is InChI=1S/C25H24N6O2S/c1-14-5-3-6-16(9-14)22-21(29-15(2)34-22)25(33)30-13-17-10-18(17)20(30)12-27-24(32)19-11-28-31-8-4-7-26-23(19)31/h3-9,11,17-18,20H,10,12-13H2,1-2H3,(H,27,32)/t17-,18-,20-/m1/s1. The summed E-state index contributed by atoms with van der Waals surface area (Å²) in [6.45, 7) is 5.10. The topological polar surface area (TPSA) is 92.5 Å².